The van der Waals surface area contributed by atoms with E-state index in [1.165, 1.54) is 6.92 Å². The summed E-state index contributed by atoms with van der Waals surface area (Å²) in [5, 5.41) is 3.19. The van der Waals surface area contributed by atoms with Crippen molar-refractivity contribution in [1.29, 1.82) is 0 Å². The highest BCUT2D eigenvalue weighted by atomic mass is 16.5. The first-order chi connectivity index (χ1) is 16.5. The minimum Gasteiger partial charge on any atom is -0.457 e. The maximum absolute atomic E-state index is 12.4. The van der Waals surface area contributed by atoms with Crippen LogP contribution in [0, 0.1) is 0 Å². The number of ether oxygens (including phenoxy) is 2. The summed E-state index contributed by atoms with van der Waals surface area (Å²) in [6, 6.07) is 23.2. The number of para-hydroxylation sites is 2. The number of anilines is 1. The smallest absolute Gasteiger partial charge is 0.307 e. The van der Waals surface area contributed by atoms with Crippen LogP contribution >= 0.6 is 0 Å². The number of aryl methyl sites for hydroxylation is 1. The van der Waals surface area contributed by atoms with Crippen LogP contribution in [0.5, 0.6) is 11.5 Å². The molecule has 0 radical (unpaired) electrons. The molecule has 1 amide bonds. The van der Waals surface area contributed by atoms with Gasteiger partial charge in [-0.25, -0.2) is 4.98 Å². The van der Waals surface area contributed by atoms with E-state index in [4.69, 9.17) is 9.47 Å². The number of nitrogens with one attached hydrogen (secondary N) is 2. The lowest BCUT2D eigenvalue weighted by molar-refractivity contribution is -0.153. The van der Waals surface area contributed by atoms with E-state index < -0.39 is 18.0 Å². The fourth-order valence-corrected chi connectivity index (χ4v) is 3.26. The molecule has 4 aromatic rings. The number of rotatable bonds is 8. The molecule has 4 rings (SSSR count). The zero-order chi connectivity index (χ0) is 23.9. The van der Waals surface area contributed by atoms with Gasteiger partial charge in [0.05, 0.1) is 17.3 Å². The highest BCUT2D eigenvalue weighted by Gasteiger charge is 2.18. The molecule has 8 heteroatoms. The van der Waals surface area contributed by atoms with E-state index in [1.807, 2.05) is 30.3 Å². The third kappa shape index (κ3) is 5.86. The molecule has 0 aliphatic carbocycles. The molecule has 34 heavy (non-hydrogen) atoms. The summed E-state index contributed by atoms with van der Waals surface area (Å²) >= 11 is 0. The SMILES string of the molecule is CC(OC(=O)CCc1nc2ccccc2c(=O)[nH]1)C(=O)Nc1ccc(Oc2ccccc2)cc1. The molecule has 0 aliphatic rings. The summed E-state index contributed by atoms with van der Waals surface area (Å²) in [5.74, 6) is 0.703. The van der Waals surface area contributed by atoms with E-state index in [0.29, 0.717) is 33.9 Å². The second-order valence-corrected chi connectivity index (χ2v) is 7.59. The van der Waals surface area contributed by atoms with Crippen LogP contribution in [0.4, 0.5) is 5.69 Å². The van der Waals surface area contributed by atoms with Crippen LogP contribution in [0.25, 0.3) is 10.9 Å². The summed E-state index contributed by atoms with van der Waals surface area (Å²) in [5.41, 5.74) is 0.843. The molecule has 0 aliphatic heterocycles. The van der Waals surface area contributed by atoms with Gasteiger partial charge >= 0.3 is 5.97 Å². The number of H-pyrrole nitrogens is 1. The minimum atomic E-state index is -0.989. The number of nitrogens with zero attached hydrogens (tertiary/aromatic N) is 1. The number of carbonyl (C=O) groups excluding carboxylic acids is 2. The maximum Gasteiger partial charge on any atom is 0.307 e. The second-order valence-electron chi connectivity index (χ2n) is 7.59. The van der Waals surface area contributed by atoms with Gasteiger partial charge in [-0.15, -0.1) is 0 Å². The van der Waals surface area contributed by atoms with Crippen LogP contribution in [-0.2, 0) is 20.7 Å². The molecule has 172 valence electrons. The first-order valence-electron chi connectivity index (χ1n) is 10.8. The van der Waals surface area contributed by atoms with Gasteiger partial charge in [0.1, 0.15) is 17.3 Å². The highest BCUT2D eigenvalue weighted by Crippen LogP contribution is 2.22. The van der Waals surface area contributed by atoms with Crippen molar-refractivity contribution in [2.45, 2.75) is 25.9 Å². The molecule has 0 saturated carbocycles. The van der Waals surface area contributed by atoms with Gasteiger partial charge in [-0.1, -0.05) is 30.3 Å². The van der Waals surface area contributed by atoms with Gasteiger partial charge in [-0.3, -0.25) is 14.4 Å². The van der Waals surface area contributed by atoms with Gasteiger partial charge in [0, 0.05) is 12.1 Å². The van der Waals surface area contributed by atoms with Crippen molar-refractivity contribution < 1.29 is 19.1 Å². The summed E-state index contributed by atoms with van der Waals surface area (Å²) in [6.45, 7) is 1.50. The average molecular weight is 457 g/mol. The number of amides is 1. The number of carbonyl (C=O) groups is 2. The third-order valence-electron chi connectivity index (χ3n) is 5.01. The summed E-state index contributed by atoms with van der Waals surface area (Å²) in [4.78, 5) is 43.8. The Morgan fingerprint density at radius 1 is 0.941 bits per heavy atom. The lowest BCUT2D eigenvalue weighted by Gasteiger charge is -2.14. The van der Waals surface area contributed by atoms with E-state index in [-0.39, 0.29) is 18.4 Å². The van der Waals surface area contributed by atoms with Crippen LogP contribution < -0.4 is 15.6 Å². The van der Waals surface area contributed by atoms with E-state index >= 15 is 0 Å². The lowest BCUT2D eigenvalue weighted by atomic mass is 10.2. The summed E-state index contributed by atoms with van der Waals surface area (Å²) in [6.07, 6.45) is -0.822. The Bertz CT molecular complexity index is 1350. The van der Waals surface area contributed by atoms with Crippen molar-refractivity contribution in [1.82, 2.24) is 9.97 Å². The van der Waals surface area contributed by atoms with E-state index in [0.717, 1.165) is 0 Å². The van der Waals surface area contributed by atoms with Gasteiger partial charge in [0.25, 0.3) is 11.5 Å². The van der Waals surface area contributed by atoms with Gasteiger partial charge in [0.15, 0.2) is 6.10 Å². The van der Waals surface area contributed by atoms with E-state index in [9.17, 15) is 14.4 Å². The zero-order valence-electron chi connectivity index (χ0n) is 18.5. The van der Waals surface area contributed by atoms with Crippen molar-refractivity contribution in [2.75, 3.05) is 5.32 Å². The van der Waals surface area contributed by atoms with Crippen molar-refractivity contribution in [3.8, 4) is 11.5 Å². The zero-order valence-corrected chi connectivity index (χ0v) is 18.5. The Labute approximate surface area is 195 Å². The minimum absolute atomic E-state index is 0.0234. The predicted octanol–water partition coefficient (Wildman–Crippen LogP) is 4.22. The van der Waals surface area contributed by atoms with Crippen molar-refractivity contribution in [3.63, 3.8) is 0 Å². The highest BCUT2D eigenvalue weighted by molar-refractivity contribution is 5.95. The average Bonchev–Trinajstić information content (AvgIpc) is 2.84. The number of hydrogen-bond donors (Lipinski definition) is 2. The molecular weight excluding hydrogens is 434 g/mol. The lowest BCUT2D eigenvalue weighted by Crippen LogP contribution is -2.30. The number of fused-ring (bicyclic) bond motifs is 1. The van der Waals surface area contributed by atoms with Gasteiger partial charge < -0.3 is 19.8 Å². The van der Waals surface area contributed by atoms with E-state index in [2.05, 4.69) is 15.3 Å². The second kappa shape index (κ2) is 10.4. The molecule has 0 saturated heterocycles. The van der Waals surface area contributed by atoms with Crippen LogP contribution in [0.2, 0.25) is 0 Å². The first-order valence-corrected chi connectivity index (χ1v) is 10.8. The molecular formula is C26H23N3O5. The van der Waals surface area contributed by atoms with Crippen LogP contribution in [0.15, 0.2) is 83.7 Å². The Morgan fingerprint density at radius 3 is 2.38 bits per heavy atom. The Morgan fingerprint density at radius 2 is 1.62 bits per heavy atom. The quantitative estimate of drug-likeness (QED) is 0.384. The third-order valence-corrected chi connectivity index (χ3v) is 5.01. The largest absolute Gasteiger partial charge is 0.457 e. The van der Waals surface area contributed by atoms with Crippen molar-refractivity contribution in [2.24, 2.45) is 0 Å². The molecule has 1 aromatic heterocycles. The molecule has 0 fully saturated rings. The van der Waals surface area contributed by atoms with E-state index in [1.54, 1.807) is 48.5 Å². The monoisotopic (exact) mass is 457 g/mol. The Hall–Kier alpha value is -4.46. The Kier molecular flexibility index (Phi) is 6.98. The molecule has 1 atom stereocenters. The standard InChI is InChI=1S/C26H23N3O5/c1-17(25(31)27-18-11-13-20(14-12-18)34-19-7-3-2-4-8-19)33-24(30)16-15-23-28-22-10-6-5-9-21(22)26(32)29-23/h2-14,17H,15-16H2,1H3,(H,27,31)(H,28,29,32). The number of esters is 1. The summed E-state index contributed by atoms with van der Waals surface area (Å²) < 4.78 is 11.0. The fourth-order valence-electron chi connectivity index (χ4n) is 3.26. The van der Waals surface area contributed by atoms with Crippen LogP contribution in [-0.4, -0.2) is 27.9 Å². The van der Waals surface area contributed by atoms with Crippen molar-refractivity contribution in [3.05, 3.63) is 95.0 Å². The van der Waals surface area contributed by atoms with Gasteiger partial charge in [-0.05, 0) is 55.5 Å². The molecule has 1 unspecified atom stereocenters. The van der Waals surface area contributed by atoms with Crippen LogP contribution in [0.1, 0.15) is 19.2 Å². The molecule has 0 spiro atoms. The number of benzene rings is 3. The first kappa shape index (κ1) is 22.7. The molecule has 2 N–H and O–H groups in total. The summed E-state index contributed by atoms with van der Waals surface area (Å²) in [7, 11) is 0. The molecule has 3 aromatic carbocycles. The van der Waals surface area contributed by atoms with Gasteiger partial charge in [0.2, 0.25) is 0 Å². The molecule has 1 heterocycles. The number of aromatic amines is 1. The number of aromatic nitrogens is 2. The molecule has 8 nitrogen and oxygen atoms in total. The maximum atomic E-state index is 12.4. The van der Waals surface area contributed by atoms with Gasteiger partial charge in [-0.2, -0.15) is 0 Å². The Balaban J connectivity index is 1.27. The molecule has 0 bridgehead atoms. The normalized spacial score (nSPS) is 11.6. The predicted molar refractivity (Wildman–Crippen MR) is 128 cm³/mol. The topological polar surface area (TPSA) is 110 Å². The van der Waals surface area contributed by atoms with Crippen LogP contribution in [0.3, 0.4) is 0 Å². The fraction of sp³-hybridized carbons (Fsp3) is 0.154. The van der Waals surface area contributed by atoms with Crippen molar-refractivity contribution >= 4 is 28.5 Å². The number of hydrogen-bond acceptors (Lipinski definition) is 6.